The van der Waals surface area contributed by atoms with E-state index in [0.717, 1.165) is 6.07 Å². The number of esters is 1. The van der Waals surface area contributed by atoms with E-state index < -0.39 is 23.2 Å². The molecule has 104 valence electrons. The normalized spacial score (nSPS) is 10.9. The highest BCUT2D eigenvalue weighted by molar-refractivity contribution is 5.96. The highest BCUT2D eigenvalue weighted by Crippen LogP contribution is 2.25. The summed E-state index contributed by atoms with van der Waals surface area (Å²) in [5, 5.41) is 2.62. The Balaban J connectivity index is 3.22. The zero-order valence-corrected chi connectivity index (χ0v) is 10.9. The van der Waals surface area contributed by atoms with Crippen molar-refractivity contribution in [1.82, 2.24) is 0 Å². The summed E-state index contributed by atoms with van der Waals surface area (Å²) in [6, 6.07) is 2.16. The zero-order valence-electron chi connectivity index (χ0n) is 10.9. The van der Waals surface area contributed by atoms with E-state index in [1.54, 1.807) is 0 Å². The third-order valence-corrected chi connectivity index (χ3v) is 2.61. The first-order chi connectivity index (χ1) is 8.69. The monoisotopic (exact) mass is 269 g/mol. The van der Waals surface area contributed by atoms with E-state index in [4.69, 9.17) is 11.5 Å². The number of amides is 1. The Hall–Kier alpha value is -2.31. The predicted molar refractivity (Wildman–Crippen MR) is 69.0 cm³/mol. The molecule has 5 N–H and O–H groups in total. The quantitative estimate of drug-likeness (QED) is 0.555. The van der Waals surface area contributed by atoms with E-state index in [1.165, 1.54) is 27.0 Å². The average Bonchev–Trinajstić information content (AvgIpc) is 2.31. The van der Waals surface area contributed by atoms with Crippen LogP contribution in [0.1, 0.15) is 24.2 Å². The van der Waals surface area contributed by atoms with Crippen LogP contribution in [0.4, 0.5) is 15.8 Å². The molecule has 0 aliphatic heterocycles. The van der Waals surface area contributed by atoms with E-state index in [1.807, 2.05) is 0 Å². The van der Waals surface area contributed by atoms with Gasteiger partial charge in [0.25, 0.3) is 0 Å². The molecule has 0 aliphatic rings. The van der Waals surface area contributed by atoms with Gasteiger partial charge < -0.3 is 21.5 Å². The lowest BCUT2D eigenvalue weighted by molar-refractivity contribution is -0.121. The molecule has 7 heteroatoms. The molecule has 0 bridgehead atoms. The molecule has 0 unspecified atom stereocenters. The smallest absolute Gasteiger partial charge is 0.340 e. The molecule has 0 atom stereocenters. The van der Waals surface area contributed by atoms with E-state index in [9.17, 15) is 14.0 Å². The number of benzene rings is 1. The Morgan fingerprint density at radius 2 is 1.95 bits per heavy atom. The Bertz CT molecular complexity index is 529. The number of nitrogens with one attached hydrogen (secondary N) is 1. The summed E-state index contributed by atoms with van der Waals surface area (Å²) in [5.74, 6) is -2.06. The molecule has 0 radical (unpaired) electrons. The van der Waals surface area contributed by atoms with Crippen molar-refractivity contribution in [3.63, 3.8) is 0 Å². The summed E-state index contributed by atoms with van der Waals surface area (Å²) in [5.41, 5.74) is 9.44. The predicted octanol–water partition coefficient (Wildman–Crippen LogP) is 0.870. The van der Waals surface area contributed by atoms with Crippen LogP contribution < -0.4 is 16.8 Å². The van der Waals surface area contributed by atoms with Crippen molar-refractivity contribution in [3.8, 4) is 0 Å². The molecule has 1 aromatic carbocycles. The second-order valence-corrected chi connectivity index (χ2v) is 4.53. The number of nitrogen functional groups attached to an aromatic ring is 1. The van der Waals surface area contributed by atoms with Gasteiger partial charge in [-0.2, -0.15) is 0 Å². The van der Waals surface area contributed by atoms with Crippen molar-refractivity contribution in [2.75, 3.05) is 18.2 Å². The lowest BCUT2D eigenvalue weighted by Crippen LogP contribution is -2.45. The number of nitrogens with two attached hydrogens (primary N) is 2. The maximum atomic E-state index is 13.7. The average molecular weight is 269 g/mol. The molecule has 0 saturated carbocycles. The lowest BCUT2D eigenvalue weighted by Gasteiger charge is -2.24. The number of hydrogen-bond donors (Lipinski definition) is 3. The van der Waals surface area contributed by atoms with Crippen LogP contribution in [0.5, 0.6) is 0 Å². The molecule has 1 amide bonds. The maximum absolute atomic E-state index is 13.7. The third kappa shape index (κ3) is 3.12. The summed E-state index contributed by atoms with van der Waals surface area (Å²) in [6.07, 6.45) is 0. The first-order valence-electron chi connectivity index (χ1n) is 5.44. The Morgan fingerprint density at radius 1 is 1.37 bits per heavy atom. The number of carbonyl (C=O) groups is 2. The van der Waals surface area contributed by atoms with Gasteiger partial charge in [0.15, 0.2) is 0 Å². The zero-order chi connectivity index (χ0) is 14.8. The van der Waals surface area contributed by atoms with Crippen molar-refractivity contribution in [3.05, 3.63) is 23.5 Å². The van der Waals surface area contributed by atoms with Gasteiger partial charge in [-0.25, -0.2) is 9.18 Å². The van der Waals surface area contributed by atoms with Gasteiger partial charge >= 0.3 is 5.97 Å². The van der Waals surface area contributed by atoms with Gasteiger partial charge in [-0.05, 0) is 26.0 Å². The van der Waals surface area contributed by atoms with Gasteiger partial charge in [-0.3, -0.25) is 4.79 Å². The highest BCUT2D eigenvalue weighted by atomic mass is 19.1. The van der Waals surface area contributed by atoms with Crippen molar-refractivity contribution in [2.24, 2.45) is 5.73 Å². The minimum Gasteiger partial charge on any atom is -0.465 e. The van der Waals surface area contributed by atoms with Gasteiger partial charge in [0, 0.05) is 5.69 Å². The van der Waals surface area contributed by atoms with E-state index in [-0.39, 0.29) is 16.9 Å². The molecule has 0 saturated heterocycles. The van der Waals surface area contributed by atoms with Gasteiger partial charge in [0.1, 0.15) is 11.4 Å². The minimum atomic E-state index is -1.18. The third-order valence-electron chi connectivity index (χ3n) is 2.61. The number of hydrogen-bond acceptors (Lipinski definition) is 5. The Morgan fingerprint density at radius 3 is 2.42 bits per heavy atom. The molecule has 0 spiro atoms. The van der Waals surface area contributed by atoms with Crippen molar-refractivity contribution < 1.29 is 18.7 Å². The van der Waals surface area contributed by atoms with Crippen LogP contribution >= 0.6 is 0 Å². The van der Waals surface area contributed by atoms with Crippen molar-refractivity contribution in [2.45, 2.75) is 19.4 Å². The second kappa shape index (κ2) is 5.13. The van der Waals surface area contributed by atoms with Gasteiger partial charge in [-0.15, -0.1) is 0 Å². The number of primary amides is 1. The van der Waals surface area contributed by atoms with Crippen LogP contribution in [-0.2, 0) is 9.53 Å². The number of rotatable bonds is 4. The number of carbonyl (C=O) groups excluding carboxylic acids is 2. The number of anilines is 2. The van der Waals surface area contributed by atoms with Crippen LogP contribution in [0.25, 0.3) is 0 Å². The lowest BCUT2D eigenvalue weighted by atomic mass is 10.0. The molecule has 0 fully saturated rings. The first-order valence-corrected chi connectivity index (χ1v) is 5.44. The van der Waals surface area contributed by atoms with E-state index in [0.29, 0.717) is 0 Å². The van der Waals surface area contributed by atoms with E-state index in [2.05, 4.69) is 10.1 Å². The van der Waals surface area contributed by atoms with Crippen molar-refractivity contribution >= 4 is 23.3 Å². The second-order valence-electron chi connectivity index (χ2n) is 4.53. The maximum Gasteiger partial charge on any atom is 0.340 e. The standard InChI is InChI=1S/C12H16FN3O3/c1-12(2,11(15)18)16-9-4-6(10(17)19-3)8(14)5-7(9)13/h4-5,16H,14H2,1-3H3,(H2,15,18). The Kier molecular flexibility index (Phi) is 3.98. The minimum absolute atomic E-state index is 0.00618. The Labute approximate surface area is 109 Å². The SMILES string of the molecule is COC(=O)c1cc(NC(C)(C)C(N)=O)c(F)cc1N. The molecule has 19 heavy (non-hydrogen) atoms. The van der Waals surface area contributed by atoms with Crippen LogP contribution in [0.2, 0.25) is 0 Å². The van der Waals surface area contributed by atoms with Crippen molar-refractivity contribution in [1.29, 1.82) is 0 Å². The fraction of sp³-hybridized carbons (Fsp3) is 0.333. The molecule has 0 aliphatic carbocycles. The fourth-order valence-electron chi connectivity index (χ4n) is 1.37. The number of halogens is 1. The molecule has 0 aromatic heterocycles. The highest BCUT2D eigenvalue weighted by Gasteiger charge is 2.26. The van der Waals surface area contributed by atoms with Gasteiger partial charge in [0.05, 0.1) is 18.4 Å². The van der Waals surface area contributed by atoms with Gasteiger partial charge in [-0.1, -0.05) is 0 Å². The van der Waals surface area contributed by atoms with Gasteiger partial charge in [0.2, 0.25) is 5.91 Å². The molecule has 1 rings (SSSR count). The summed E-state index contributed by atoms with van der Waals surface area (Å²) >= 11 is 0. The number of ether oxygens (including phenoxy) is 1. The summed E-state index contributed by atoms with van der Waals surface area (Å²) in [7, 11) is 1.19. The first kappa shape index (κ1) is 14.7. The van der Waals surface area contributed by atoms with Crippen LogP contribution in [0.15, 0.2) is 12.1 Å². The largest absolute Gasteiger partial charge is 0.465 e. The molecule has 0 heterocycles. The summed E-state index contributed by atoms with van der Waals surface area (Å²) in [4.78, 5) is 22.7. The summed E-state index contributed by atoms with van der Waals surface area (Å²) < 4.78 is 18.3. The molecule has 6 nitrogen and oxygen atoms in total. The van der Waals surface area contributed by atoms with Crippen LogP contribution in [0, 0.1) is 5.82 Å². The molecule has 1 aromatic rings. The number of methoxy groups -OCH3 is 1. The summed E-state index contributed by atoms with van der Waals surface area (Å²) in [6.45, 7) is 2.98. The topological polar surface area (TPSA) is 107 Å². The molecular formula is C12H16FN3O3. The fourth-order valence-corrected chi connectivity index (χ4v) is 1.37. The van der Waals surface area contributed by atoms with Crippen LogP contribution in [0.3, 0.4) is 0 Å². The molecular weight excluding hydrogens is 253 g/mol. The van der Waals surface area contributed by atoms with Crippen LogP contribution in [-0.4, -0.2) is 24.5 Å². The van der Waals surface area contributed by atoms with E-state index >= 15 is 0 Å².